The summed E-state index contributed by atoms with van der Waals surface area (Å²) in [6.45, 7) is 4.28. The van der Waals surface area contributed by atoms with E-state index in [-0.39, 0.29) is 0 Å². The van der Waals surface area contributed by atoms with Crippen LogP contribution in [0, 0.1) is 5.92 Å². The molecule has 0 saturated carbocycles. The van der Waals surface area contributed by atoms with E-state index in [1.165, 1.54) is 11.5 Å². The summed E-state index contributed by atoms with van der Waals surface area (Å²) in [6.07, 6.45) is 0.885. The lowest BCUT2D eigenvalue weighted by molar-refractivity contribution is 0.468. The van der Waals surface area contributed by atoms with Crippen molar-refractivity contribution in [2.45, 2.75) is 20.3 Å². The van der Waals surface area contributed by atoms with Crippen LogP contribution < -0.4 is 0 Å². The molecule has 0 atom stereocenters. The second-order valence-electron chi connectivity index (χ2n) is 4.27. The predicted octanol–water partition coefficient (Wildman–Crippen LogP) is 3.71. The summed E-state index contributed by atoms with van der Waals surface area (Å²) in [4.78, 5) is 0.980. The Morgan fingerprint density at radius 3 is 2.56 bits per heavy atom. The third-order valence-electron chi connectivity index (χ3n) is 2.38. The van der Waals surface area contributed by atoms with Crippen LogP contribution in [0.5, 0.6) is 5.75 Å². The molecule has 2 aromatic rings. The molecule has 0 spiro atoms. The molecule has 84 valence electrons. The first-order chi connectivity index (χ1) is 7.68. The molecule has 16 heavy (non-hydrogen) atoms. The van der Waals surface area contributed by atoms with Crippen molar-refractivity contribution in [2.24, 2.45) is 5.92 Å². The third kappa shape index (κ3) is 2.25. The Morgan fingerprint density at radius 2 is 1.94 bits per heavy atom. The van der Waals surface area contributed by atoms with Crippen LogP contribution in [0.4, 0.5) is 0 Å². The maximum Gasteiger partial charge on any atom is 0.157 e. The largest absolute Gasteiger partial charge is 0.505 e. The van der Waals surface area contributed by atoms with Crippen molar-refractivity contribution >= 4 is 11.5 Å². The van der Waals surface area contributed by atoms with Gasteiger partial charge < -0.3 is 5.11 Å². The molecule has 0 unspecified atom stereocenters. The predicted molar refractivity (Wildman–Crippen MR) is 67.8 cm³/mol. The zero-order valence-corrected chi connectivity index (χ0v) is 10.3. The van der Waals surface area contributed by atoms with Crippen molar-refractivity contribution in [3.8, 4) is 17.0 Å². The number of nitrogens with zero attached hydrogens (tertiary/aromatic N) is 1. The molecule has 1 heterocycles. The summed E-state index contributed by atoms with van der Waals surface area (Å²) in [7, 11) is 0. The van der Waals surface area contributed by atoms with Crippen molar-refractivity contribution in [2.75, 3.05) is 0 Å². The number of hydrogen-bond acceptors (Lipinski definition) is 3. The molecule has 0 aliphatic rings. The van der Waals surface area contributed by atoms with E-state index < -0.39 is 0 Å². The minimum atomic E-state index is 0.352. The first kappa shape index (κ1) is 11.1. The number of benzene rings is 1. The van der Waals surface area contributed by atoms with Gasteiger partial charge in [0, 0.05) is 5.56 Å². The number of aromatic nitrogens is 1. The van der Waals surface area contributed by atoms with Crippen LogP contribution in [0.1, 0.15) is 18.7 Å². The third-order valence-corrected chi connectivity index (χ3v) is 3.23. The van der Waals surface area contributed by atoms with Gasteiger partial charge in [0.25, 0.3) is 0 Å². The van der Waals surface area contributed by atoms with Crippen molar-refractivity contribution in [1.29, 1.82) is 0 Å². The molecule has 0 aliphatic carbocycles. The van der Waals surface area contributed by atoms with Crippen molar-refractivity contribution in [3.63, 3.8) is 0 Å². The van der Waals surface area contributed by atoms with Gasteiger partial charge in [0.05, 0.1) is 4.88 Å². The lowest BCUT2D eigenvalue weighted by atomic mass is 10.1. The topological polar surface area (TPSA) is 33.1 Å². The summed E-state index contributed by atoms with van der Waals surface area (Å²) < 4.78 is 4.33. The van der Waals surface area contributed by atoms with Crippen molar-refractivity contribution < 1.29 is 5.11 Å². The molecular formula is C13H15NOS. The monoisotopic (exact) mass is 233 g/mol. The van der Waals surface area contributed by atoms with Gasteiger partial charge in [-0.25, -0.2) is 0 Å². The molecule has 1 aromatic carbocycles. The highest BCUT2D eigenvalue weighted by atomic mass is 32.1. The Hall–Kier alpha value is -1.35. The van der Waals surface area contributed by atoms with E-state index in [1.54, 1.807) is 0 Å². The molecule has 0 fully saturated rings. The lowest BCUT2D eigenvalue weighted by Crippen LogP contribution is -1.90. The molecule has 0 bridgehead atoms. The lowest BCUT2D eigenvalue weighted by Gasteiger charge is -2.02. The average Bonchev–Trinajstić information content (AvgIpc) is 2.61. The molecular weight excluding hydrogens is 218 g/mol. The van der Waals surface area contributed by atoms with E-state index in [4.69, 9.17) is 0 Å². The molecule has 2 nitrogen and oxygen atoms in total. The van der Waals surface area contributed by atoms with Crippen LogP contribution in [0.3, 0.4) is 0 Å². The maximum atomic E-state index is 10.1. The van der Waals surface area contributed by atoms with Crippen LogP contribution in [0.25, 0.3) is 11.3 Å². The summed E-state index contributed by atoms with van der Waals surface area (Å²) in [5.41, 5.74) is 1.69. The molecule has 3 heteroatoms. The minimum Gasteiger partial charge on any atom is -0.505 e. The fourth-order valence-corrected chi connectivity index (χ4v) is 2.59. The van der Waals surface area contributed by atoms with Gasteiger partial charge in [0.2, 0.25) is 0 Å². The number of rotatable bonds is 3. The Bertz CT molecular complexity index is 462. The van der Waals surface area contributed by atoms with E-state index in [9.17, 15) is 5.11 Å². The zero-order chi connectivity index (χ0) is 11.5. The first-order valence-corrected chi connectivity index (χ1v) is 6.18. The summed E-state index contributed by atoms with van der Waals surface area (Å²) in [6, 6.07) is 9.80. The van der Waals surface area contributed by atoms with Gasteiger partial charge >= 0.3 is 0 Å². The van der Waals surface area contributed by atoms with Crippen LogP contribution in [0.15, 0.2) is 30.3 Å². The van der Waals surface area contributed by atoms with E-state index in [1.807, 2.05) is 30.3 Å². The Balaban J connectivity index is 2.34. The minimum absolute atomic E-state index is 0.352. The molecule has 0 saturated heterocycles. The van der Waals surface area contributed by atoms with Crippen LogP contribution in [0.2, 0.25) is 0 Å². The van der Waals surface area contributed by atoms with Gasteiger partial charge in [-0.2, -0.15) is 4.37 Å². The molecule has 1 N–H and O–H groups in total. The second-order valence-corrected chi connectivity index (χ2v) is 5.12. The highest BCUT2D eigenvalue weighted by Crippen LogP contribution is 2.35. The van der Waals surface area contributed by atoms with Gasteiger partial charge in [-0.1, -0.05) is 44.2 Å². The van der Waals surface area contributed by atoms with Crippen LogP contribution in [-0.2, 0) is 6.42 Å². The zero-order valence-electron chi connectivity index (χ0n) is 9.47. The van der Waals surface area contributed by atoms with Gasteiger partial charge in [0.15, 0.2) is 5.75 Å². The van der Waals surface area contributed by atoms with Crippen molar-refractivity contribution in [1.82, 2.24) is 4.37 Å². The van der Waals surface area contributed by atoms with Gasteiger partial charge in [0.1, 0.15) is 5.69 Å². The fourth-order valence-electron chi connectivity index (χ4n) is 1.61. The van der Waals surface area contributed by atoms with E-state index in [2.05, 4.69) is 18.2 Å². The summed E-state index contributed by atoms with van der Waals surface area (Å²) in [5.74, 6) is 0.889. The number of hydrogen-bond donors (Lipinski definition) is 1. The second kappa shape index (κ2) is 4.66. The Kier molecular flexibility index (Phi) is 3.25. The highest BCUT2D eigenvalue weighted by Gasteiger charge is 2.14. The standard InChI is InChI=1S/C13H15NOS/c1-9(2)8-11-13(15)12(14-16-11)10-6-4-3-5-7-10/h3-7,9,15H,8H2,1-2H3. The molecule has 0 radical (unpaired) electrons. The molecule has 1 aromatic heterocycles. The number of aromatic hydroxyl groups is 1. The van der Waals surface area contributed by atoms with Crippen LogP contribution in [-0.4, -0.2) is 9.48 Å². The Morgan fingerprint density at radius 1 is 1.25 bits per heavy atom. The normalized spacial score (nSPS) is 10.9. The van der Waals surface area contributed by atoms with E-state index >= 15 is 0 Å². The smallest absolute Gasteiger partial charge is 0.157 e. The molecule has 0 aliphatic heterocycles. The Labute approximate surface area is 99.7 Å². The van der Waals surface area contributed by atoms with Gasteiger partial charge in [-0.3, -0.25) is 0 Å². The van der Waals surface area contributed by atoms with Crippen molar-refractivity contribution in [3.05, 3.63) is 35.2 Å². The maximum absolute atomic E-state index is 10.1. The molecule has 2 rings (SSSR count). The van der Waals surface area contributed by atoms with Crippen LogP contribution >= 0.6 is 11.5 Å². The summed E-state index contributed by atoms with van der Waals surface area (Å²) in [5, 5.41) is 10.1. The highest BCUT2D eigenvalue weighted by molar-refractivity contribution is 7.06. The van der Waals surface area contributed by atoms with Gasteiger partial charge in [-0.05, 0) is 23.9 Å². The van der Waals surface area contributed by atoms with Gasteiger partial charge in [-0.15, -0.1) is 0 Å². The first-order valence-electron chi connectivity index (χ1n) is 5.41. The van der Waals surface area contributed by atoms with E-state index in [0.717, 1.165) is 16.9 Å². The quantitative estimate of drug-likeness (QED) is 0.876. The van der Waals surface area contributed by atoms with E-state index in [0.29, 0.717) is 17.4 Å². The SMILES string of the molecule is CC(C)Cc1snc(-c2ccccc2)c1O. The molecule has 0 amide bonds. The average molecular weight is 233 g/mol. The fraction of sp³-hybridized carbons (Fsp3) is 0.308. The summed E-state index contributed by atoms with van der Waals surface area (Å²) >= 11 is 1.40.